The number of rotatable bonds is 6. The Labute approximate surface area is 120 Å². The van der Waals surface area contributed by atoms with Crippen molar-refractivity contribution in [3.63, 3.8) is 0 Å². The molecule has 0 fully saturated rings. The Hall–Kier alpha value is -1.55. The largest absolute Gasteiger partial charge is 0.491 e. The molecular formula is C16H23NO3. The van der Waals surface area contributed by atoms with Crippen LogP contribution in [0.5, 0.6) is 5.75 Å². The number of hydrogen-bond acceptors (Lipinski definition) is 4. The van der Waals surface area contributed by atoms with Gasteiger partial charge < -0.3 is 14.8 Å². The molecule has 1 aromatic rings. The molecule has 110 valence electrons. The zero-order valence-corrected chi connectivity index (χ0v) is 12.3. The van der Waals surface area contributed by atoms with Gasteiger partial charge in [-0.05, 0) is 55.5 Å². The maximum Gasteiger partial charge on any atom is 0.326 e. The van der Waals surface area contributed by atoms with E-state index in [4.69, 9.17) is 9.47 Å². The summed E-state index contributed by atoms with van der Waals surface area (Å²) in [6.07, 6.45) is 4.81. The Morgan fingerprint density at radius 3 is 2.75 bits per heavy atom. The number of aryl methyl sites for hydroxylation is 2. The number of fused-ring (bicyclic) bond motifs is 1. The number of likely N-dealkylation sites (N-methyl/N-ethyl adjacent to an activating group) is 1. The van der Waals surface area contributed by atoms with Gasteiger partial charge in [-0.25, -0.2) is 0 Å². The highest BCUT2D eigenvalue weighted by Gasteiger charge is 2.19. The van der Waals surface area contributed by atoms with Gasteiger partial charge in [0, 0.05) is 0 Å². The Morgan fingerprint density at radius 1 is 1.30 bits per heavy atom. The van der Waals surface area contributed by atoms with Crippen molar-refractivity contribution in [3.05, 3.63) is 29.3 Å². The van der Waals surface area contributed by atoms with Crippen LogP contribution in [0.3, 0.4) is 0 Å². The van der Waals surface area contributed by atoms with E-state index in [2.05, 4.69) is 17.4 Å². The Balaban J connectivity index is 1.97. The number of benzene rings is 1. The van der Waals surface area contributed by atoms with Gasteiger partial charge in [-0.2, -0.15) is 0 Å². The summed E-state index contributed by atoms with van der Waals surface area (Å²) >= 11 is 0. The molecule has 0 saturated heterocycles. The first-order valence-electron chi connectivity index (χ1n) is 7.30. The van der Waals surface area contributed by atoms with Gasteiger partial charge >= 0.3 is 5.97 Å². The molecule has 0 radical (unpaired) electrons. The van der Waals surface area contributed by atoms with E-state index in [0.717, 1.165) is 18.6 Å². The summed E-state index contributed by atoms with van der Waals surface area (Å²) in [5.74, 6) is 0.544. The second kappa shape index (κ2) is 7.29. The fourth-order valence-corrected chi connectivity index (χ4v) is 2.58. The summed E-state index contributed by atoms with van der Waals surface area (Å²) in [4.78, 5) is 11.6. The van der Waals surface area contributed by atoms with Crippen LogP contribution in [0.2, 0.25) is 0 Å². The SMILES string of the molecule is CCNC(COc1ccc2c(c1)CCCC2)C(=O)OC. The summed E-state index contributed by atoms with van der Waals surface area (Å²) in [6.45, 7) is 2.95. The van der Waals surface area contributed by atoms with Crippen molar-refractivity contribution in [1.29, 1.82) is 0 Å². The number of hydrogen-bond donors (Lipinski definition) is 1. The Bertz CT molecular complexity index is 459. The molecule has 2 rings (SSSR count). The average Bonchev–Trinajstić information content (AvgIpc) is 2.50. The van der Waals surface area contributed by atoms with Gasteiger partial charge in [0.1, 0.15) is 18.4 Å². The lowest BCUT2D eigenvalue weighted by molar-refractivity contribution is -0.143. The van der Waals surface area contributed by atoms with E-state index in [0.29, 0.717) is 13.2 Å². The quantitative estimate of drug-likeness (QED) is 0.809. The van der Waals surface area contributed by atoms with Crippen LogP contribution >= 0.6 is 0 Å². The van der Waals surface area contributed by atoms with E-state index in [-0.39, 0.29) is 5.97 Å². The van der Waals surface area contributed by atoms with Crippen LogP contribution < -0.4 is 10.1 Å². The Kier molecular flexibility index (Phi) is 5.41. The lowest BCUT2D eigenvalue weighted by atomic mass is 9.92. The number of carbonyl (C=O) groups is 1. The Morgan fingerprint density at radius 2 is 2.05 bits per heavy atom. The van der Waals surface area contributed by atoms with Crippen molar-refractivity contribution in [2.75, 3.05) is 20.3 Å². The van der Waals surface area contributed by atoms with Crippen LogP contribution in [0.4, 0.5) is 0 Å². The molecule has 0 amide bonds. The molecule has 0 spiro atoms. The monoisotopic (exact) mass is 277 g/mol. The topological polar surface area (TPSA) is 47.6 Å². The molecule has 1 N–H and O–H groups in total. The minimum atomic E-state index is -0.416. The standard InChI is InChI=1S/C16H23NO3/c1-3-17-15(16(18)19-2)11-20-14-9-8-12-6-4-5-7-13(12)10-14/h8-10,15,17H,3-7,11H2,1-2H3. The first kappa shape index (κ1) is 14.9. The molecule has 1 aromatic carbocycles. The number of carbonyl (C=O) groups excluding carboxylic acids is 1. The van der Waals surface area contributed by atoms with Crippen molar-refractivity contribution in [2.45, 2.75) is 38.6 Å². The van der Waals surface area contributed by atoms with Gasteiger partial charge in [-0.1, -0.05) is 13.0 Å². The highest BCUT2D eigenvalue weighted by molar-refractivity contribution is 5.75. The zero-order valence-electron chi connectivity index (χ0n) is 12.3. The van der Waals surface area contributed by atoms with Crippen molar-refractivity contribution in [2.24, 2.45) is 0 Å². The molecule has 0 aliphatic heterocycles. The van der Waals surface area contributed by atoms with Gasteiger partial charge in [0.25, 0.3) is 0 Å². The number of methoxy groups -OCH3 is 1. The number of ether oxygens (including phenoxy) is 2. The van der Waals surface area contributed by atoms with E-state index in [1.165, 1.54) is 31.1 Å². The van der Waals surface area contributed by atoms with Gasteiger partial charge in [-0.3, -0.25) is 4.79 Å². The molecular weight excluding hydrogens is 254 g/mol. The molecule has 4 nitrogen and oxygen atoms in total. The molecule has 1 aliphatic rings. The molecule has 1 unspecified atom stereocenters. The molecule has 4 heteroatoms. The highest BCUT2D eigenvalue weighted by Crippen LogP contribution is 2.25. The van der Waals surface area contributed by atoms with Crippen LogP contribution in [-0.2, 0) is 22.4 Å². The van der Waals surface area contributed by atoms with Crippen LogP contribution in [0.15, 0.2) is 18.2 Å². The number of nitrogens with one attached hydrogen (secondary N) is 1. The minimum absolute atomic E-state index is 0.287. The first-order chi connectivity index (χ1) is 9.74. The van der Waals surface area contributed by atoms with Gasteiger partial charge in [0.05, 0.1) is 7.11 Å². The summed E-state index contributed by atoms with van der Waals surface area (Å²) in [6, 6.07) is 5.82. The van der Waals surface area contributed by atoms with Gasteiger partial charge in [0.15, 0.2) is 0 Å². The zero-order chi connectivity index (χ0) is 14.4. The van der Waals surface area contributed by atoms with Gasteiger partial charge in [-0.15, -0.1) is 0 Å². The molecule has 0 saturated carbocycles. The van der Waals surface area contributed by atoms with Gasteiger partial charge in [0.2, 0.25) is 0 Å². The smallest absolute Gasteiger partial charge is 0.326 e. The summed E-state index contributed by atoms with van der Waals surface area (Å²) in [5.41, 5.74) is 2.81. The fourth-order valence-electron chi connectivity index (χ4n) is 2.58. The molecule has 20 heavy (non-hydrogen) atoms. The highest BCUT2D eigenvalue weighted by atomic mass is 16.5. The predicted octanol–water partition coefficient (Wildman–Crippen LogP) is 2.10. The number of esters is 1. The molecule has 1 aliphatic carbocycles. The van der Waals surface area contributed by atoms with E-state index >= 15 is 0 Å². The summed E-state index contributed by atoms with van der Waals surface area (Å²) in [7, 11) is 1.39. The van der Waals surface area contributed by atoms with E-state index in [1.807, 2.05) is 13.0 Å². The van der Waals surface area contributed by atoms with Crippen LogP contribution in [0.1, 0.15) is 30.9 Å². The summed E-state index contributed by atoms with van der Waals surface area (Å²) in [5, 5.41) is 3.07. The predicted molar refractivity (Wildman–Crippen MR) is 78.1 cm³/mol. The molecule has 0 heterocycles. The third-order valence-electron chi connectivity index (χ3n) is 3.67. The van der Waals surface area contributed by atoms with E-state index < -0.39 is 6.04 Å². The van der Waals surface area contributed by atoms with E-state index in [1.54, 1.807) is 0 Å². The summed E-state index contributed by atoms with van der Waals surface area (Å²) < 4.78 is 10.5. The maximum atomic E-state index is 11.6. The maximum absolute atomic E-state index is 11.6. The third kappa shape index (κ3) is 3.73. The molecule has 0 bridgehead atoms. The normalized spacial score (nSPS) is 15.3. The van der Waals surface area contributed by atoms with Crippen LogP contribution in [-0.4, -0.2) is 32.3 Å². The third-order valence-corrected chi connectivity index (χ3v) is 3.67. The second-order valence-electron chi connectivity index (χ2n) is 5.08. The fraction of sp³-hybridized carbons (Fsp3) is 0.562. The average molecular weight is 277 g/mol. The lowest BCUT2D eigenvalue weighted by Gasteiger charge is -2.19. The molecule has 0 aromatic heterocycles. The van der Waals surface area contributed by atoms with Crippen LogP contribution in [0.25, 0.3) is 0 Å². The first-order valence-corrected chi connectivity index (χ1v) is 7.30. The van der Waals surface area contributed by atoms with E-state index in [9.17, 15) is 4.79 Å². The van der Waals surface area contributed by atoms with Crippen molar-refractivity contribution in [1.82, 2.24) is 5.32 Å². The molecule has 1 atom stereocenters. The van der Waals surface area contributed by atoms with Crippen molar-refractivity contribution in [3.8, 4) is 5.75 Å². The van der Waals surface area contributed by atoms with Crippen molar-refractivity contribution < 1.29 is 14.3 Å². The van der Waals surface area contributed by atoms with Crippen molar-refractivity contribution >= 4 is 5.97 Å². The lowest BCUT2D eigenvalue weighted by Crippen LogP contribution is -2.42. The minimum Gasteiger partial charge on any atom is -0.491 e. The second-order valence-corrected chi connectivity index (χ2v) is 5.08. The van der Waals surface area contributed by atoms with Crippen LogP contribution in [0, 0.1) is 0 Å².